The van der Waals surface area contributed by atoms with Crippen molar-refractivity contribution in [3.05, 3.63) is 47.3 Å². The number of nitrogens with one attached hydrogen (secondary N) is 1. The van der Waals surface area contributed by atoms with Gasteiger partial charge in [-0.3, -0.25) is 4.79 Å². The molecule has 0 bridgehead atoms. The molecule has 0 atom stereocenters. The van der Waals surface area contributed by atoms with Crippen LogP contribution in [0.5, 0.6) is 0 Å². The number of likely N-dealkylation sites (tertiary alicyclic amines) is 1. The maximum absolute atomic E-state index is 12.5. The molecule has 1 aliphatic rings. The minimum atomic E-state index is 0.0367. The van der Waals surface area contributed by atoms with E-state index >= 15 is 0 Å². The molecule has 0 radical (unpaired) electrons. The van der Waals surface area contributed by atoms with E-state index in [0.29, 0.717) is 11.5 Å². The highest BCUT2D eigenvalue weighted by Gasteiger charge is 2.17. The van der Waals surface area contributed by atoms with Gasteiger partial charge in [-0.2, -0.15) is 0 Å². The fraction of sp³-hybridized carbons (Fsp3) is 0.421. The van der Waals surface area contributed by atoms with Crippen LogP contribution in [0.1, 0.15) is 47.2 Å². The Morgan fingerprint density at radius 2 is 1.67 bits per heavy atom. The average Bonchev–Trinajstić information content (AvgIpc) is 2.88. The van der Waals surface area contributed by atoms with Crippen LogP contribution in [-0.4, -0.2) is 33.9 Å². The second-order valence-electron chi connectivity index (χ2n) is 6.43. The highest BCUT2D eigenvalue weighted by molar-refractivity contribution is 5.93. The fourth-order valence-corrected chi connectivity index (χ4v) is 2.91. The first-order valence-electron chi connectivity index (χ1n) is 8.59. The zero-order valence-corrected chi connectivity index (χ0v) is 14.4. The molecule has 1 fully saturated rings. The van der Waals surface area contributed by atoms with Crippen molar-refractivity contribution < 1.29 is 4.79 Å². The number of aromatic nitrogens is 2. The third-order valence-electron chi connectivity index (χ3n) is 4.56. The second kappa shape index (κ2) is 7.43. The van der Waals surface area contributed by atoms with Gasteiger partial charge < -0.3 is 10.2 Å². The summed E-state index contributed by atoms with van der Waals surface area (Å²) in [4.78, 5) is 23.0. The number of hydrogen-bond donors (Lipinski definition) is 1. The Kier molecular flexibility index (Phi) is 5.08. The molecule has 2 aromatic rings. The summed E-state index contributed by atoms with van der Waals surface area (Å²) >= 11 is 0. The minimum Gasteiger partial charge on any atom is -0.339 e. The first kappa shape index (κ1) is 16.4. The van der Waals surface area contributed by atoms with Crippen LogP contribution < -0.4 is 5.32 Å². The normalized spacial score (nSPS) is 15.0. The van der Waals surface area contributed by atoms with Crippen molar-refractivity contribution in [2.45, 2.75) is 39.5 Å². The van der Waals surface area contributed by atoms with E-state index in [4.69, 9.17) is 0 Å². The monoisotopic (exact) mass is 324 g/mol. The lowest BCUT2D eigenvalue weighted by Gasteiger charge is -2.19. The summed E-state index contributed by atoms with van der Waals surface area (Å²) in [6, 6.07) is 6.13. The average molecular weight is 324 g/mol. The van der Waals surface area contributed by atoms with Gasteiger partial charge in [0.05, 0.1) is 5.56 Å². The van der Waals surface area contributed by atoms with Crippen LogP contribution in [0.3, 0.4) is 0 Å². The van der Waals surface area contributed by atoms with Crippen molar-refractivity contribution in [2.24, 2.45) is 0 Å². The summed E-state index contributed by atoms with van der Waals surface area (Å²) in [5.41, 5.74) is 3.97. The summed E-state index contributed by atoms with van der Waals surface area (Å²) in [5.74, 6) is 0.542. The van der Waals surface area contributed by atoms with Crippen LogP contribution >= 0.6 is 0 Å². The predicted octanol–water partition coefficient (Wildman–Crippen LogP) is 3.85. The number of nitrogens with zero attached hydrogens (tertiary/aromatic N) is 3. The van der Waals surface area contributed by atoms with Gasteiger partial charge >= 0.3 is 0 Å². The van der Waals surface area contributed by atoms with Crippen LogP contribution in [0, 0.1) is 13.8 Å². The molecule has 1 aromatic carbocycles. The number of carbonyl (C=O) groups excluding carboxylic acids is 1. The number of rotatable bonds is 3. The van der Waals surface area contributed by atoms with E-state index in [-0.39, 0.29) is 5.91 Å². The molecule has 5 nitrogen and oxygen atoms in total. The van der Waals surface area contributed by atoms with Crippen molar-refractivity contribution >= 4 is 17.5 Å². The predicted molar refractivity (Wildman–Crippen MR) is 95.6 cm³/mol. The maximum Gasteiger partial charge on any atom is 0.256 e. The molecule has 1 aromatic heterocycles. The molecule has 5 heteroatoms. The van der Waals surface area contributed by atoms with Gasteiger partial charge in [-0.1, -0.05) is 18.9 Å². The van der Waals surface area contributed by atoms with Gasteiger partial charge in [-0.05, 0) is 49.9 Å². The zero-order valence-electron chi connectivity index (χ0n) is 14.4. The molecule has 0 unspecified atom stereocenters. The summed E-state index contributed by atoms with van der Waals surface area (Å²) in [6.45, 7) is 5.83. The molecule has 1 N–H and O–H groups in total. The molecule has 0 saturated carbocycles. The van der Waals surface area contributed by atoms with E-state index in [9.17, 15) is 4.79 Å². The smallest absolute Gasteiger partial charge is 0.256 e. The van der Waals surface area contributed by atoms with Crippen molar-refractivity contribution in [2.75, 3.05) is 18.4 Å². The lowest BCUT2D eigenvalue weighted by atomic mass is 10.1. The van der Waals surface area contributed by atoms with Crippen LogP contribution in [0.15, 0.2) is 30.6 Å². The van der Waals surface area contributed by atoms with Gasteiger partial charge in [0.2, 0.25) is 5.95 Å². The van der Waals surface area contributed by atoms with E-state index in [0.717, 1.165) is 31.6 Å². The molecule has 3 rings (SSSR count). The third kappa shape index (κ3) is 3.91. The first-order valence-corrected chi connectivity index (χ1v) is 8.59. The number of carbonyl (C=O) groups is 1. The number of benzene rings is 1. The maximum atomic E-state index is 12.5. The van der Waals surface area contributed by atoms with E-state index in [1.165, 1.54) is 24.0 Å². The first-order chi connectivity index (χ1) is 11.6. The van der Waals surface area contributed by atoms with Crippen molar-refractivity contribution in [1.82, 2.24) is 14.9 Å². The fourth-order valence-electron chi connectivity index (χ4n) is 2.91. The number of hydrogen-bond acceptors (Lipinski definition) is 4. The van der Waals surface area contributed by atoms with Crippen LogP contribution in [0.4, 0.5) is 11.6 Å². The minimum absolute atomic E-state index is 0.0367. The van der Waals surface area contributed by atoms with Gasteiger partial charge in [-0.15, -0.1) is 0 Å². The summed E-state index contributed by atoms with van der Waals surface area (Å²) in [5, 5.41) is 3.18. The zero-order chi connectivity index (χ0) is 16.9. The molecular weight excluding hydrogens is 300 g/mol. The Hall–Kier alpha value is -2.43. The highest BCUT2D eigenvalue weighted by Crippen LogP contribution is 2.18. The lowest BCUT2D eigenvalue weighted by Crippen LogP contribution is -2.32. The van der Waals surface area contributed by atoms with Gasteiger partial charge in [0, 0.05) is 31.2 Å². The van der Waals surface area contributed by atoms with Crippen LogP contribution in [0.2, 0.25) is 0 Å². The highest BCUT2D eigenvalue weighted by atomic mass is 16.2. The van der Waals surface area contributed by atoms with Gasteiger partial charge in [0.1, 0.15) is 0 Å². The van der Waals surface area contributed by atoms with E-state index in [1.807, 2.05) is 11.0 Å². The number of aryl methyl sites for hydroxylation is 2. The standard InChI is InChI=1S/C19H24N4O/c1-14-7-8-17(11-15(14)2)22-19-20-12-16(13-21-19)18(24)23-9-5-3-4-6-10-23/h7-8,11-13H,3-6,9-10H2,1-2H3,(H,20,21,22). The Morgan fingerprint density at radius 1 is 1.00 bits per heavy atom. The van der Waals surface area contributed by atoms with Crippen LogP contribution in [0.25, 0.3) is 0 Å². The van der Waals surface area contributed by atoms with Crippen molar-refractivity contribution in [3.63, 3.8) is 0 Å². The molecule has 1 saturated heterocycles. The SMILES string of the molecule is Cc1ccc(Nc2ncc(C(=O)N3CCCCCC3)cn2)cc1C. The molecule has 24 heavy (non-hydrogen) atoms. The molecule has 2 heterocycles. The molecule has 0 aliphatic carbocycles. The Bertz CT molecular complexity index is 704. The van der Waals surface area contributed by atoms with E-state index < -0.39 is 0 Å². The molecular formula is C19H24N4O. The number of anilines is 2. The van der Waals surface area contributed by atoms with Crippen molar-refractivity contribution in [1.29, 1.82) is 0 Å². The largest absolute Gasteiger partial charge is 0.339 e. The second-order valence-corrected chi connectivity index (χ2v) is 6.43. The summed E-state index contributed by atoms with van der Waals surface area (Å²) in [6.07, 6.45) is 7.81. The molecule has 126 valence electrons. The Morgan fingerprint density at radius 3 is 2.29 bits per heavy atom. The quantitative estimate of drug-likeness (QED) is 0.931. The van der Waals surface area contributed by atoms with Gasteiger partial charge in [0.15, 0.2) is 0 Å². The summed E-state index contributed by atoms with van der Waals surface area (Å²) in [7, 11) is 0. The van der Waals surface area contributed by atoms with Gasteiger partial charge in [0.25, 0.3) is 5.91 Å². The topological polar surface area (TPSA) is 58.1 Å². The third-order valence-corrected chi connectivity index (χ3v) is 4.56. The van der Waals surface area contributed by atoms with E-state index in [2.05, 4.69) is 41.3 Å². The van der Waals surface area contributed by atoms with E-state index in [1.54, 1.807) is 12.4 Å². The summed E-state index contributed by atoms with van der Waals surface area (Å²) < 4.78 is 0. The number of amides is 1. The Labute approximate surface area is 143 Å². The van der Waals surface area contributed by atoms with Gasteiger partial charge in [-0.25, -0.2) is 9.97 Å². The lowest BCUT2D eigenvalue weighted by molar-refractivity contribution is 0.0761. The van der Waals surface area contributed by atoms with Crippen molar-refractivity contribution in [3.8, 4) is 0 Å². The molecule has 1 amide bonds. The van der Waals surface area contributed by atoms with Crippen LogP contribution in [-0.2, 0) is 0 Å². The molecule has 1 aliphatic heterocycles. The molecule has 0 spiro atoms. The Balaban J connectivity index is 1.68.